The van der Waals surface area contributed by atoms with Crippen LogP contribution in [-0.4, -0.2) is 42.5 Å². The third-order valence-electron chi connectivity index (χ3n) is 4.48. The van der Waals surface area contributed by atoms with E-state index in [1.54, 1.807) is 13.2 Å². The molecule has 1 saturated heterocycles. The molecule has 3 rings (SSSR count). The number of halogens is 3. The number of hydrogen-bond acceptors (Lipinski definition) is 4. The fourth-order valence-corrected chi connectivity index (χ4v) is 3.14. The SMILES string of the molecule is COCC1(O)CCN(c2nccc3cc(C(F)(F)F)ccc23)CC1. The predicted octanol–water partition coefficient (Wildman–Crippen LogP) is 3.23. The number of benzene rings is 1. The van der Waals surface area contributed by atoms with E-state index in [9.17, 15) is 18.3 Å². The molecule has 1 fully saturated rings. The number of fused-ring (bicyclic) bond motifs is 1. The van der Waals surface area contributed by atoms with Gasteiger partial charge in [0.2, 0.25) is 0 Å². The third kappa shape index (κ3) is 3.32. The standard InChI is InChI=1S/C17H19F3N2O2/c1-24-11-16(23)5-8-22(9-6-16)15-14-3-2-13(17(18,19)20)10-12(14)4-7-21-15/h2-4,7,10,23H,5-6,8-9,11H2,1H3. The number of methoxy groups -OCH3 is 1. The van der Waals surface area contributed by atoms with Crippen LogP contribution >= 0.6 is 0 Å². The molecule has 1 aliphatic heterocycles. The van der Waals surface area contributed by atoms with Gasteiger partial charge in [-0.15, -0.1) is 0 Å². The predicted molar refractivity (Wildman–Crippen MR) is 85.0 cm³/mol. The minimum Gasteiger partial charge on any atom is -0.387 e. The van der Waals surface area contributed by atoms with E-state index in [0.717, 1.165) is 12.1 Å². The van der Waals surface area contributed by atoms with Gasteiger partial charge >= 0.3 is 6.18 Å². The van der Waals surface area contributed by atoms with Gasteiger partial charge in [-0.3, -0.25) is 0 Å². The third-order valence-corrected chi connectivity index (χ3v) is 4.48. The minimum atomic E-state index is -4.36. The van der Waals surface area contributed by atoms with Gasteiger partial charge in [-0.05, 0) is 36.4 Å². The second kappa shape index (κ2) is 6.22. The monoisotopic (exact) mass is 340 g/mol. The van der Waals surface area contributed by atoms with Crippen molar-refractivity contribution in [3.63, 3.8) is 0 Å². The summed E-state index contributed by atoms with van der Waals surface area (Å²) in [6, 6.07) is 5.28. The topological polar surface area (TPSA) is 45.6 Å². The molecule has 130 valence electrons. The van der Waals surface area contributed by atoms with Crippen molar-refractivity contribution in [1.29, 1.82) is 0 Å². The maximum Gasteiger partial charge on any atom is 0.416 e. The number of ether oxygens (including phenoxy) is 1. The summed E-state index contributed by atoms with van der Waals surface area (Å²) in [5.41, 5.74) is -1.51. The minimum absolute atomic E-state index is 0.277. The van der Waals surface area contributed by atoms with Crippen LogP contribution in [0.15, 0.2) is 30.5 Å². The van der Waals surface area contributed by atoms with Gasteiger partial charge in [0.15, 0.2) is 0 Å². The molecule has 1 aromatic heterocycles. The van der Waals surface area contributed by atoms with Crippen molar-refractivity contribution in [3.05, 3.63) is 36.0 Å². The molecule has 0 radical (unpaired) electrons. The summed E-state index contributed by atoms with van der Waals surface area (Å²) >= 11 is 0. The number of pyridine rings is 1. The largest absolute Gasteiger partial charge is 0.416 e. The number of nitrogens with zero attached hydrogens (tertiary/aromatic N) is 2. The van der Waals surface area contributed by atoms with Crippen LogP contribution < -0.4 is 4.90 Å². The molecule has 0 spiro atoms. The molecule has 2 heterocycles. The van der Waals surface area contributed by atoms with Gasteiger partial charge in [0.05, 0.1) is 17.8 Å². The Labute approximate surface area is 137 Å². The smallest absolute Gasteiger partial charge is 0.387 e. The van der Waals surface area contributed by atoms with E-state index in [1.807, 2.05) is 4.90 Å². The Balaban J connectivity index is 1.88. The molecule has 1 N–H and O–H groups in total. The van der Waals surface area contributed by atoms with Crippen LogP contribution in [0.3, 0.4) is 0 Å². The highest BCUT2D eigenvalue weighted by atomic mass is 19.4. The Morgan fingerprint density at radius 3 is 2.58 bits per heavy atom. The van der Waals surface area contributed by atoms with Crippen LogP contribution in [0, 0.1) is 0 Å². The summed E-state index contributed by atoms with van der Waals surface area (Å²) in [5.74, 6) is 0.653. The van der Waals surface area contributed by atoms with Crippen molar-refractivity contribution in [2.45, 2.75) is 24.6 Å². The van der Waals surface area contributed by atoms with Crippen molar-refractivity contribution >= 4 is 16.6 Å². The number of piperidine rings is 1. The van der Waals surface area contributed by atoms with Gasteiger partial charge in [0.25, 0.3) is 0 Å². The highest BCUT2D eigenvalue weighted by molar-refractivity contribution is 5.92. The zero-order chi connectivity index (χ0) is 17.4. The summed E-state index contributed by atoms with van der Waals surface area (Å²) in [6.07, 6.45) is -1.79. The van der Waals surface area contributed by atoms with Gasteiger partial charge in [-0.2, -0.15) is 13.2 Å². The van der Waals surface area contributed by atoms with Crippen molar-refractivity contribution in [3.8, 4) is 0 Å². The van der Waals surface area contributed by atoms with E-state index >= 15 is 0 Å². The first-order valence-corrected chi connectivity index (χ1v) is 7.75. The molecular weight excluding hydrogens is 321 g/mol. The summed E-state index contributed by atoms with van der Waals surface area (Å²) < 4.78 is 43.6. The lowest BCUT2D eigenvalue weighted by molar-refractivity contribution is -0.137. The Kier molecular flexibility index (Phi) is 4.40. The molecule has 0 atom stereocenters. The zero-order valence-corrected chi connectivity index (χ0v) is 13.3. The summed E-state index contributed by atoms with van der Waals surface area (Å²) in [6.45, 7) is 1.43. The molecular formula is C17H19F3N2O2. The molecule has 1 aliphatic rings. The Morgan fingerprint density at radius 1 is 1.25 bits per heavy atom. The van der Waals surface area contributed by atoms with Crippen LogP contribution in [0.5, 0.6) is 0 Å². The van der Waals surface area contributed by atoms with E-state index in [1.165, 1.54) is 12.3 Å². The molecule has 0 bridgehead atoms. The number of hydrogen-bond donors (Lipinski definition) is 1. The fourth-order valence-electron chi connectivity index (χ4n) is 3.14. The summed E-state index contributed by atoms with van der Waals surface area (Å²) in [7, 11) is 1.55. The van der Waals surface area contributed by atoms with E-state index in [4.69, 9.17) is 4.74 Å². The summed E-state index contributed by atoms with van der Waals surface area (Å²) in [5, 5.41) is 11.6. The second-order valence-corrected chi connectivity index (χ2v) is 6.21. The molecule has 0 aliphatic carbocycles. The quantitative estimate of drug-likeness (QED) is 0.932. The van der Waals surface area contributed by atoms with Crippen LogP contribution in [0.1, 0.15) is 18.4 Å². The molecule has 2 aromatic rings. The van der Waals surface area contributed by atoms with Gasteiger partial charge < -0.3 is 14.7 Å². The number of aliphatic hydroxyl groups is 1. The Morgan fingerprint density at radius 2 is 1.96 bits per heavy atom. The van der Waals surface area contributed by atoms with Crippen molar-refractivity contribution in [2.24, 2.45) is 0 Å². The van der Waals surface area contributed by atoms with E-state index in [-0.39, 0.29) is 6.61 Å². The normalized spacial score (nSPS) is 18.1. The van der Waals surface area contributed by atoms with Crippen LogP contribution in [-0.2, 0) is 10.9 Å². The number of aromatic nitrogens is 1. The average Bonchev–Trinajstić information content (AvgIpc) is 2.54. The van der Waals surface area contributed by atoms with Gasteiger partial charge in [-0.25, -0.2) is 4.98 Å². The van der Waals surface area contributed by atoms with E-state index in [0.29, 0.717) is 42.5 Å². The van der Waals surface area contributed by atoms with Crippen molar-refractivity contribution < 1.29 is 23.0 Å². The van der Waals surface area contributed by atoms with E-state index in [2.05, 4.69) is 4.98 Å². The first-order chi connectivity index (χ1) is 11.3. The Bertz CT molecular complexity index is 725. The molecule has 24 heavy (non-hydrogen) atoms. The van der Waals surface area contributed by atoms with E-state index < -0.39 is 17.3 Å². The van der Waals surface area contributed by atoms with Crippen LogP contribution in [0.25, 0.3) is 10.8 Å². The van der Waals surface area contributed by atoms with Crippen molar-refractivity contribution in [2.75, 3.05) is 31.7 Å². The molecule has 0 amide bonds. The number of alkyl halides is 3. The van der Waals surface area contributed by atoms with Gasteiger partial charge in [0, 0.05) is 31.8 Å². The molecule has 7 heteroatoms. The fraction of sp³-hybridized carbons (Fsp3) is 0.471. The zero-order valence-electron chi connectivity index (χ0n) is 13.3. The first-order valence-electron chi connectivity index (χ1n) is 7.75. The highest BCUT2D eigenvalue weighted by Gasteiger charge is 2.34. The number of rotatable bonds is 3. The summed E-state index contributed by atoms with van der Waals surface area (Å²) in [4.78, 5) is 6.35. The second-order valence-electron chi connectivity index (χ2n) is 6.21. The molecule has 4 nitrogen and oxygen atoms in total. The molecule has 1 aromatic carbocycles. The average molecular weight is 340 g/mol. The van der Waals surface area contributed by atoms with Gasteiger partial charge in [0.1, 0.15) is 5.82 Å². The highest BCUT2D eigenvalue weighted by Crippen LogP contribution is 2.34. The van der Waals surface area contributed by atoms with Crippen molar-refractivity contribution in [1.82, 2.24) is 4.98 Å². The maximum atomic E-state index is 12.9. The van der Waals surface area contributed by atoms with Crippen LogP contribution in [0.4, 0.5) is 19.0 Å². The lowest BCUT2D eigenvalue weighted by Gasteiger charge is -2.38. The van der Waals surface area contributed by atoms with Crippen LogP contribution in [0.2, 0.25) is 0 Å². The first kappa shape index (κ1) is 17.0. The lowest BCUT2D eigenvalue weighted by atomic mass is 9.92. The Hall–Kier alpha value is -1.86. The maximum absolute atomic E-state index is 12.9. The van der Waals surface area contributed by atoms with Gasteiger partial charge in [-0.1, -0.05) is 6.07 Å². The molecule has 0 saturated carbocycles. The molecule has 0 unspecified atom stereocenters. The number of anilines is 1. The lowest BCUT2D eigenvalue weighted by Crippen LogP contribution is -2.47.